The van der Waals surface area contributed by atoms with Crippen LogP contribution in [0.25, 0.3) is 0 Å². The van der Waals surface area contributed by atoms with Crippen LogP contribution < -0.4 is 5.32 Å². The van der Waals surface area contributed by atoms with Crippen LogP contribution >= 0.6 is 11.8 Å². The van der Waals surface area contributed by atoms with Crippen molar-refractivity contribution >= 4 is 29.5 Å². The molecule has 130 valence electrons. The summed E-state index contributed by atoms with van der Waals surface area (Å²) in [5.41, 5.74) is -0.278. The van der Waals surface area contributed by atoms with Gasteiger partial charge in [-0.25, -0.2) is 0 Å². The van der Waals surface area contributed by atoms with Crippen molar-refractivity contribution in [1.82, 2.24) is 10.2 Å². The molecule has 7 heteroatoms. The minimum absolute atomic E-state index is 0.0196. The number of benzene rings is 1. The lowest BCUT2D eigenvalue weighted by Gasteiger charge is -2.34. The van der Waals surface area contributed by atoms with Crippen LogP contribution in [0.5, 0.6) is 0 Å². The van der Waals surface area contributed by atoms with Gasteiger partial charge in [0.2, 0.25) is 5.91 Å². The molecule has 2 amide bonds. The highest BCUT2D eigenvalue weighted by molar-refractivity contribution is 7.99. The van der Waals surface area contributed by atoms with E-state index < -0.39 is 11.5 Å². The van der Waals surface area contributed by atoms with E-state index >= 15 is 0 Å². The van der Waals surface area contributed by atoms with E-state index in [2.05, 4.69) is 5.32 Å². The zero-order valence-corrected chi connectivity index (χ0v) is 14.5. The van der Waals surface area contributed by atoms with E-state index in [0.29, 0.717) is 30.8 Å². The van der Waals surface area contributed by atoms with Crippen LogP contribution in [0.2, 0.25) is 0 Å². The van der Waals surface area contributed by atoms with Crippen LogP contribution in [0.1, 0.15) is 30.1 Å². The molecule has 0 saturated carbocycles. The molecule has 0 bridgehead atoms. The first-order chi connectivity index (χ1) is 11.4. The number of carboxylic acid groups (broad SMARTS) is 1. The number of carbonyl (C=O) groups excluding carboxylic acids is 2. The first-order valence-electron chi connectivity index (χ1n) is 7.90. The van der Waals surface area contributed by atoms with Crippen molar-refractivity contribution in [3.8, 4) is 0 Å². The number of carboxylic acids is 1. The van der Waals surface area contributed by atoms with Gasteiger partial charge in [0.1, 0.15) is 5.54 Å². The van der Waals surface area contributed by atoms with Crippen molar-refractivity contribution in [1.29, 1.82) is 0 Å². The standard InChI is InChI=1S/C17H22N2O4S/c1-17(16(23)18-9-11-24-12-14(20)21)8-5-10-19(17)15(22)13-6-3-2-4-7-13/h2-4,6-7H,5,8-12H2,1H3,(H,18,23)(H,20,21). The summed E-state index contributed by atoms with van der Waals surface area (Å²) in [5.74, 6) is -0.633. The van der Waals surface area contributed by atoms with Gasteiger partial charge in [-0.3, -0.25) is 14.4 Å². The van der Waals surface area contributed by atoms with Gasteiger partial charge in [-0.15, -0.1) is 11.8 Å². The molecule has 1 atom stereocenters. The van der Waals surface area contributed by atoms with E-state index in [0.717, 1.165) is 6.42 Å². The molecule has 0 aromatic heterocycles. The maximum Gasteiger partial charge on any atom is 0.313 e. The summed E-state index contributed by atoms with van der Waals surface area (Å²) in [6.07, 6.45) is 1.41. The third-order valence-electron chi connectivity index (χ3n) is 4.15. The Morgan fingerprint density at radius 3 is 2.67 bits per heavy atom. The Hall–Kier alpha value is -2.02. The highest BCUT2D eigenvalue weighted by Gasteiger charge is 2.45. The minimum atomic E-state index is -0.867. The van der Waals surface area contributed by atoms with Gasteiger partial charge in [-0.2, -0.15) is 0 Å². The van der Waals surface area contributed by atoms with Crippen molar-refractivity contribution in [2.75, 3.05) is 24.6 Å². The average Bonchev–Trinajstić information content (AvgIpc) is 2.97. The number of hydrogen-bond acceptors (Lipinski definition) is 4. The topological polar surface area (TPSA) is 86.7 Å². The number of thioether (sulfide) groups is 1. The molecule has 2 N–H and O–H groups in total. The minimum Gasteiger partial charge on any atom is -0.481 e. The van der Waals surface area contributed by atoms with Gasteiger partial charge < -0.3 is 15.3 Å². The quantitative estimate of drug-likeness (QED) is 0.730. The lowest BCUT2D eigenvalue weighted by Crippen LogP contribution is -2.55. The molecule has 6 nitrogen and oxygen atoms in total. The van der Waals surface area contributed by atoms with E-state index in [9.17, 15) is 14.4 Å². The van der Waals surface area contributed by atoms with Crippen LogP contribution in [0.4, 0.5) is 0 Å². The molecule has 0 spiro atoms. The van der Waals surface area contributed by atoms with Crippen molar-refractivity contribution in [2.45, 2.75) is 25.3 Å². The molecular weight excluding hydrogens is 328 g/mol. The number of nitrogens with zero attached hydrogens (tertiary/aromatic N) is 1. The Kier molecular flexibility index (Phi) is 6.25. The Balaban J connectivity index is 1.95. The van der Waals surface area contributed by atoms with E-state index in [1.54, 1.807) is 36.1 Å². The van der Waals surface area contributed by atoms with Crippen LogP contribution in [0.15, 0.2) is 30.3 Å². The summed E-state index contributed by atoms with van der Waals surface area (Å²) in [6.45, 7) is 2.74. The fourth-order valence-corrected chi connectivity index (χ4v) is 3.41. The predicted molar refractivity (Wildman–Crippen MR) is 93.1 cm³/mol. The molecular formula is C17H22N2O4S. The summed E-state index contributed by atoms with van der Waals surface area (Å²) in [4.78, 5) is 37.4. The van der Waals surface area contributed by atoms with Gasteiger partial charge >= 0.3 is 5.97 Å². The molecule has 1 aromatic rings. The van der Waals surface area contributed by atoms with Crippen LogP contribution in [-0.4, -0.2) is 57.9 Å². The molecule has 1 unspecified atom stereocenters. The summed E-state index contributed by atoms with van der Waals surface area (Å²) in [5, 5.41) is 11.4. The summed E-state index contributed by atoms with van der Waals surface area (Å²) < 4.78 is 0. The summed E-state index contributed by atoms with van der Waals surface area (Å²) >= 11 is 1.25. The van der Waals surface area contributed by atoms with E-state index in [1.807, 2.05) is 6.07 Å². The molecule has 1 aromatic carbocycles. The maximum absolute atomic E-state index is 12.7. The highest BCUT2D eigenvalue weighted by Crippen LogP contribution is 2.30. The zero-order chi connectivity index (χ0) is 17.6. The number of nitrogens with one attached hydrogen (secondary N) is 1. The molecule has 1 aliphatic rings. The normalized spacial score (nSPS) is 20.0. The molecule has 1 heterocycles. The molecule has 0 radical (unpaired) electrons. The van der Waals surface area contributed by atoms with Gasteiger partial charge in [-0.1, -0.05) is 18.2 Å². The zero-order valence-electron chi connectivity index (χ0n) is 13.7. The average molecular weight is 350 g/mol. The van der Waals surface area contributed by atoms with E-state index in [1.165, 1.54) is 11.8 Å². The van der Waals surface area contributed by atoms with E-state index in [4.69, 9.17) is 5.11 Å². The van der Waals surface area contributed by atoms with Gasteiger partial charge in [-0.05, 0) is 31.9 Å². The maximum atomic E-state index is 12.7. The smallest absolute Gasteiger partial charge is 0.313 e. The summed E-state index contributed by atoms with van der Waals surface area (Å²) in [6, 6.07) is 8.96. The SMILES string of the molecule is CC1(C(=O)NCCSCC(=O)O)CCCN1C(=O)c1ccccc1. The molecule has 1 aliphatic heterocycles. The van der Waals surface area contributed by atoms with Crippen molar-refractivity contribution < 1.29 is 19.5 Å². The third-order valence-corrected chi connectivity index (χ3v) is 5.10. The van der Waals surface area contributed by atoms with Crippen molar-refractivity contribution in [2.24, 2.45) is 0 Å². The summed E-state index contributed by atoms with van der Waals surface area (Å²) in [7, 11) is 0. The Labute approximate surface area is 145 Å². The lowest BCUT2D eigenvalue weighted by atomic mass is 9.97. The number of carbonyl (C=O) groups is 3. The van der Waals surface area contributed by atoms with Crippen LogP contribution in [0, 0.1) is 0 Å². The van der Waals surface area contributed by atoms with Gasteiger partial charge in [0.25, 0.3) is 5.91 Å². The fraction of sp³-hybridized carbons (Fsp3) is 0.471. The molecule has 0 aliphatic carbocycles. The van der Waals surface area contributed by atoms with E-state index in [-0.39, 0.29) is 17.6 Å². The van der Waals surface area contributed by atoms with Gasteiger partial charge in [0, 0.05) is 24.4 Å². The highest BCUT2D eigenvalue weighted by atomic mass is 32.2. The number of amides is 2. The van der Waals surface area contributed by atoms with Crippen molar-refractivity contribution in [3.63, 3.8) is 0 Å². The van der Waals surface area contributed by atoms with Crippen LogP contribution in [-0.2, 0) is 9.59 Å². The Morgan fingerprint density at radius 1 is 1.29 bits per heavy atom. The monoisotopic (exact) mass is 350 g/mol. The second-order valence-corrected chi connectivity index (χ2v) is 7.01. The predicted octanol–water partition coefficient (Wildman–Crippen LogP) is 1.62. The lowest BCUT2D eigenvalue weighted by molar-refractivity contribution is -0.134. The fourth-order valence-electron chi connectivity index (χ4n) is 2.85. The molecule has 1 saturated heterocycles. The second kappa shape index (κ2) is 8.19. The molecule has 24 heavy (non-hydrogen) atoms. The van der Waals surface area contributed by atoms with Crippen LogP contribution in [0.3, 0.4) is 0 Å². The number of aliphatic carboxylic acids is 1. The number of hydrogen-bond donors (Lipinski definition) is 2. The number of rotatable bonds is 7. The van der Waals surface area contributed by atoms with Gasteiger partial charge in [0.15, 0.2) is 0 Å². The number of likely N-dealkylation sites (tertiary alicyclic amines) is 1. The first-order valence-corrected chi connectivity index (χ1v) is 9.05. The Morgan fingerprint density at radius 2 is 2.00 bits per heavy atom. The first kappa shape index (κ1) is 18.3. The van der Waals surface area contributed by atoms with Crippen molar-refractivity contribution in [3.05, 3.63) is 35.9 Å². The Bertz CT molecular complexity index is 608. The van der Waals surface area contributed by atoms with Gasteiger partial charge in [0.05, 0.1) is 5.75 Å². The molecule has 1 fully saturated rings. The largest absolute Gasteiger partial charge is 0.481 e. The second-order valence-electron chi connectivity index (χ2n) is 5.90. The molecule has 2 rings (SSSR count). The third kappa shape index (κ3) is 4.29.